The van der Waals surface area contributed by atoms with Crippen molar-refractivity contribution in [3.05, 3.63) is 50.0 Å². The summed E-state index contributed by atoms with van der Waals surface area (Å²) in [6.07, 6.45) is 0. The minimum atomic E-state index is 0.448. The first-order valence-electron chi connectivity index (χ1n) is 5.50. The molecule has 1 aromatic heterocycles. The van der Waals surface area contributed by atoms with Gasteiger partial charge < -0.3 is 10.5 Å². The first kappa shape index (κ1) is 14.6. The summed E-state index contributed by atoms with van der Waals surface area (Å²) in [5, 5.41) is 0.980. The zero-order valence-electron chi connectivity index (χ0n) is 10.1. The molecular formula is C13H11BrCl2N2O. The summed E-state index contributed by atoms with van der Waals surface area (Å²) in [7, 11) is 0. The van der Waals surface area contributed by atoms with Crippen molar-refractivity contribution in [2.24, 2.45) is 5.73 Å². The van der Waals surface area contributed by atoms with Crippen LogP contribution >= 0.6 is 39.1 Å². The molecule has 0 fully saturated rings. The van der Waals surface area contributed by atoms with E-state index in [9.17, 15) is 0 Å². The monoisotopic (exact) mass is 360 g/mol. The van der Waals surface area contributed by atoms with Crippen molar-refractivity contribution in [2.75, 3.05) is 0 Å². The van der Waals surface area contributed by atoms with Gasteiger partial charge in [-0.1, -0.05) is 29.3 Å². The molecule has 2 aromatic rings. The second-order valence-corrected chi connectivity index (χ2v) is 5.57. The molecule has 0 aliphatic heterocycles. The van der Waals surface area contributed by atoms with Crippen molar-refractivity contribution in [2.45, 2.75) is 13.5 Å². The number of ether oxygens (including phenoxy) is 1. The molecule has 0 radical (unpaired) electrons. The number of aromatic nitrogens is 1. The summed E-state index contributed by atoms with van der Waals surface area (Å²) in [4.78, 5) is 4.32. The van der Waals surface area contributed by atoms with Crippen molar-refractivity contribution in [1.29, 1.82) is 0 Å². The Morgan fingerprint density at radius 3 is 2.63 bits per heavy atom. The van der Waals surface area contributed by atoms with Gasteiger partial charge >= 0.3 is 0 Å². The van der Waals surface area contributed by atoms with Crippen LogP contribution in [0.15, 0.2) is 28.7 Å². The van der Waals surface area contributed by atoms with Gasteiger partial charge in [-0.15, -0.1) is 0 Å². The van der Waals surface area contributed by atoms with Crippen LogP contribution in [0.25, 0.3) is 0 Å². The Labute approximate surface area is 129 Å². The average Bonchev–Trinajstić information content (AvgIpc) is 2.36. The molecule has 1 aromatic carbocycles. The fourth-order valence-electron chi connectivity index (χ4n) is 1.53. The molecule has 1 heterocycles. The molecule has 2 N–H and O–H groups in total. The van der Waals surface area contributed by atoms with Gasteiger partial charge in [-0.2, -0.15) is 0 Å². The fourth-order valence-corrected chi connectivity index (χ4v) is 2.37. The number of rotatable bonds is 3. The molecule has 2 rings (SSSR count). The van der Waals surface area contributed by atoms with Crippen LogP contribution in [0, 0.1) is 6.92 Å². The minimum absolute atomic E-state index is 0.448. The maximum absolute atomic E-state index is 6.09. The summed E-state index contributed by atoms with van der Waals surface area (Å²) in [6, 6.07) is 6.95. The Bertz CT molecular complexity index is 620. The van der Waals surface area contributed by atoms with E-state index in [0.29, 0.717) is 32.7 Å². The lowest BCUT2D eigenvalue weighted by Gasteiger charge is -2.10. The molecule has 0 aliphatic rings. The van der Waals surface area contributed by atoms with E-state index in [4.69, 9.17) is 33.7 Å². The van der Waals surface area contributed by atoms with E-state index in [0.717, 1.165) is 11.3 Å². The van der Waals surface area contributed by atoms with Crippen molar-refractivity contribution >= 4 is 39.1 Å². The number of pyridine rings is 1. The second kappa shape index (κ2) is 6.09. The standard InChI is InChI=1S/C13H11BrCl2N2O/c1-7-8(6-17)2-3-13(18-7)19-12-5-10(15)9(14)4-11(12)16/h2-5H,6,17H2,1H3. The number of hydrogen-bond acceptors (Lipinski definition) is 3. The van der Waals surface area contributed by atoms with Crippen molar-refractivity contribution in [1.82, 2.24) is 4.98 Å². The molecule has 0 spiro atoms. The highest BCUT2D eigenvalue weighted by Crippen LogP contribution is 2.36. The smallest absolute Gasteiger partial charge is 0.219 e. The van der Waals surface area contributed by atoms with Crippen LogP contribution in [0.5, 0.6) is 11.6 Å². The minimum Gasteiger partial charge on any atom is -0.437 e. The Morgan fingerprint density at radius 2 is 2.00 bits per heavy atom. The largest absolute Gasteiger partial charge is 0.437 e. The Kier molecular flexibility index (Phi) is 4.68. The van der Waals surface area contributed by atoms with E-state index in [1.807, 2.05) is 13.0 Å². The van der Waals surface area contributed by atoms with E-state index in [-0.39, 0.29) is 0 Å². The summed E-state index contributed by atoms with van der Waals surface area (Å²) in [5.74, 6) is 0.914. The van der Waals surface area contributed by atoms with E-state index in [2.05, 4.69) is 20.9 Å². The predicted molar refractivity (Wildman–Crippen MR) is 81.1 cm³/mol. The van der Waals surface area contributed by atoms with Gasteiger partial charge in [0.15, 0.2) is 0 Å². The van der Waals surface area contributed by atoms with Gasteiger partial charge in [-0.25, -0.2) is 4.98 Å². The van der Waals surface area contributed by atoms with Gasteiger partial charge in [-0.3, -0.25) is 0 Å². The normalized spacial score (nSPS) is 10.6. The van der Waals surface area contributed by atoms with Gasteiger partial charge in [0.05, 0.1) is 10.0 Å². The SMILES string of the molecule is Cc1nc(Oc2cc(Cl)c(Br)cc2Cl)ccc1CN. The van der Waals surface area contributed by atoms with Gasteiger partial charge in [0.2, 0.25) is 5.88 Å². The molecule has 3 nitrogen and oxygen atoms in total. The maximum atomic E-state index is 6.09. The zero-order chi connectivity index (χ0) is 14.0. The molecule has 0 bridgehead atoms. The highest BCUT2D eigenvalue weighted by atomic mass is 79.9. The molecule has 100 valence electrons. The number of benzene rings is 1. The van der Waals surface area contributed by atoms with Crippen molar-refractivity contribution in [3.63, 3.8) is 0 Å². The molecule has 0 unspecified atom stereocenters. The number of nitrogens with zero attached hydrogens (tertiary/aromatic N) is 1. The fraction of sp³-hybridized carbons (Fsp3) is 0.154. The molecule has 6 heteroatoms. The average molecular weight is 362 g/mol. The summed E-state index contributed by atoms with van der Waals surface area (Å²) < 4.78 is 6.35. The van der Waals surface area contributed by atoms with Crippen LogP contribution in [-0.4, -0.2) is 4.98 Å². The third-order valence-corrected chi connectivity index (χ3v) is 4.07. The first-order valence-corrected chi connectivity index (χ1v) is 7.05. The molecule has 0 saturated carbocycles. The van der Waals surface area contributed by atoms with Gasteiger partial charge in [0.1, 0.15) is 5.75 Å². The van der Waals surface area contributed by atoms with Crippen LogP contribution in [0.4, 0.5) is 0 Å². The Balaban J connectivity index is 2.31. The first-order chi connectivity index (χ1) is 9.01. The van der Waals surface area contributed by atoms with Crippen LogP contribution in [0.1, 0.15) is 11.3 Å². The van der Waals surface area contributed by atoms with Gasteiger partial charge in [0, 0.05) is 28.8 Å². The number of halogens is 3. The highest BCUT2D eigenvalue weighted by molar-refractivity contribution is 9.10. The third kappa shape index (κ3) is 3.39. The topological polar surface area (TPSA) is 48.1 Å². The summed E-state index contributed by atoms with van der Waals surface area (Å²) in [6.45, 7) is 2.33. The maximum Gasteiger partial charge on any atom is 0.219 e. The number of nitrogens with two attached hydrogens (primary N) is 1. The second-order valence-electron chi connectivity index (χ2n) is 3.90. The third-order valence-electron chi connectivity index (χ3n) is 2.58. The van der Waals surface area contributed by atoms with Crippen molar-refractivity contribution in [3.8, 4) is 11.6 Å². The quantitative estimate of drug-likeness (QED) is 0.805. The summed E-state index contributed by atoms with van der Waals surface area (Å²) in [5.41, 5.74) is 7.40. The van der Waals surface area contributed by atoms with E-state index in [1.54, 1.807) is 18.2 Å². The van der Waals surface area contributed by atoms with E-state index >= 15 is 0 Å². The van der Waals surface area contributed by atoms with Gasteiger partial charge in [-0.05, 0) is 34.5 Å². The van der Waals surface area contributed by atoms with Crippen LogP contribution in [0.2, 0.25) is 10.0 Å². The molecule has 19 heavy (non-hydrogen) atoms. The van der Waals surface area contributed by atoms with Crippen molar-refractivity contribution < 1.29 is 4.74 Å². The molecule has 0 atom stereocenters. The van der Waals surface area contributed by atoms with E-state index in [1.165, 1.54) is 0 Å². The van der Waals surface area contributed by atoms with Gasteiger partial charge in [0.25, 0.3) is 0 Å². The summed E-state index contributed by atoms with van der Waals surface area (Å²) >= 11 is 15.4. The zero-order valence-corrected chi connectivity index (χ0v) is 13.2. The molecule has 0 saturated heterocycles. The molecule has 0 amide bonds. The van der Waals surface area contributed by atoms with Crippen LogP contribution in [0.3, 0.4) is 0 Å². The van der Waals surface area contributed by atoms with Crippen LogP contribution in [-0.2, 0) is 6.54 Å². The number of aryl methyl sites for hydroxylation is 1. The highest BCUT2D eigenvalue weighted by Gasteiger charge is 2.09. The predicted octanol–water partition coefficient (Wildman–Crippen LogP) is 4.71. The molecule has 0 aliphatic carbocycles. The lowest BCUT2D eigenvalue weighted by molar-refractivity contribution is 0.461. The number of hydrogen-bond donors (Lipinski definition) is 1. The lowest BCUT2D eigenvalue weighted by atomic mass is 10.2. The van der Waals surface area contributed by atoms with E-state index < -0.39 is 0 Å². The Morgan fingerprint density at radius 1 is 1.26 bits per heavy atom. The molecular weight excluding hydrogens is 351 g/mol. The lowest BCUT2D eigenvalue weighted by Crippen LogP contribution is -2.01. The van der Waals surface area contributed by atoms with Crippen LogP contribution < -0.4 is 10.5 Å². The Hall–Kier alpha value is -0.810.